The van der Waals surface area contributed by atoms with Crippen LogP contribution >= 0.6 is 11.3 Å². The van der Waals surface area contributed by atoms with E-state index in [1.54, 1.807) is 6.07 Å². The van der Waals surface area contributed by atoms with E-state index in [-0.39, 0.29) is 17.7 Å². The molecule has 2 heterocycles. The smallest absolute Gasteiger partial charge is 0.263 e. The Morgan fingerprint density at radius 2 is 2.00 bits per heavy atom. The third-order valence-electron chi connectivity index (χ3n) is 5.06. The Bertz CT molecular complexity index is 802. The van der Waals surface area contributed by atoms with Gasteiger partial charge in [0.15, 0.2) is 0 Å². The van der Waals surface area contributed by atoms with Gasteiger partial charge < -0.3 is 15.0 Å². The number of ether oxygens (including phenoxy) is 1. The third kappa shape index (κ3) is 4.50. The van der Waals surface area contributed by atoms with E-state index in [1.165, 1.54) is 11.3 Å². The van der Waals surface area contributed by atoms with Crippen LogP contribution in [0.3, 0.4) is 0 Å². The Kier molecular flexibility index (Phi) is 5.43. The quantitative estimate of drug-likeness (QED) is 0.828. The van der Waals surface area contributed by atoms with Crippen molar-refractivity contribution in [3.63, 3.8) is 0 Å². The van der Waals surface area contributed by atoms with Crippen LogP contribution in [0.1, 0.15) is 45.7 Å². The second-order valence-corrected chi connectivity index (χ2v) is 8.24. The molecule has 5 nitrogen and oxygen atoms in total. The number of likely N-dealkylation sites (tertiary alicyclic amines) is 1. The number of benzene rings is 1. The maximum absolute atomic E-state index is 12.6. The van der Waals surface area contributed by atoms with E-state index in [1.807, 2.05) is 40.6 Å². The van der Waals surface area contributed by atoms with Gasteiger partial charge in [0.25, 0.3) is 11.8 Å². The van der Waals surface area contributed by atoms with Crippen LogP contribution in [0.5, 0.6) is 5.75 Å². The van der Waals surface area contributed by atoms with E-state index in [4.69, 9.17) is 4.74 Å². The van der Waals surface area contributed by atoms with Gasteiger partial charge in [-0.2, -0.15) is 0 Å². The summed E-state index contributed by atoms with van der Waals surface area (Å²) in [5.74, 6) is 0.949. The Hall–Kier alpha value is -2.34. The highest BCUT2D eigenvalue weighted by Crippen LogP contribution is 2.25. The van der Waals surface area contributed by atoms with E-state index in [0.29, 0.717) is 30.5 Å². The van der Waals surface area contributed by atoms with E-state index in [0.717, 1.165) is 37.1 Å². The number of nitrogens with one attached hydrogen (secondary N) is 1. The zero-order valence-corrected chi connectivity index (χ0v) is 16.0. The summed E-state index contributed by atoms with van der Waals surface area (Å²) in [5.41, 5.74) is 0.590. The lowest BCUT2D eigenvalue weighted by molar-refractivity contribution is 0.0638. The molecule has 2 aliphatic rings. The molecule has 6 heteroatoms. The van der Waals surface area contributed by atoms with Crippen LogP contribution in [0.4, 0.5) is 0 Å². The molecular weight excluding hydrogens is 360 g/mol. The van der Waals surface area contributed by atoms with Gasteiger partial charge in [0, 0.05) is 25.0 Å². The van der Waals surface area contributed by atoms with E-state index < -0.39 is 0 Å². The summed E-state index contributed by atoms with van der Waals surface area (Å²) >= 11 is 1.48. The number of hydrogen-bond donors (Lipinski definition) is 1. The highest BCUT2D eigenvalue weighted by Gasteiger charge is 2.27. The van der Waals surface area contributed by atoms with Gasteiger partial charge >= 0.3 is 0 Å². The number of thiophene rings is 1. The maximum Gasteiger partial charge on any atom is 0.263 e. The molecule has 1 aliphatic heterocycles. The van der Waals surface area contributed by atoms with Gasteiger partial charge in [-0.3, -0.25) is 9.59 Å². The minimum Gasteiger partial charge on any atom is -0.492 e. The molecule has 1 saturated heterocycles. The van der Waals surface area contributed by atoms with Crippen molar-refractivity contribution in [2.75, 3.05) is 19.7 Å². The summed E-state index contributed by atoms with van der Waals surface area (Å²) in [7, 11) is 0. The molecule has 142 valence electrons. The molecule has 1 N–H and O–H groups in total. The van der Waals surface area contributed by atoms with Crippen molar-refractivity contribution in [1.82, 2.24) is 10.2 Å². The predicted octanol–water partition coefficient (Wildman–Crippen LogP) is 3.57. The summed E-state index contributed by atoms with van der Waals surface area (Å²) in [6.45, 7) is 2.02. The molecule has 1 unspecified atom stereocenters. The first-order valence-corrected chi connectivity index (χ1v) is 10.4. The second-order valence-electron chi connectivity index (χ2n) is 7.29. The number of hydrogen-bond acceptors (Lipinski definition) is 4. The fourth-order valence-electron chi connectivity index (χ4n) is 3.42. The van der Waals surface area contributed by atoms with Gasteiger partial charge in [-0.05, 0) is 49.3 Å². The van der Waals surface area contributed by atoms with Crippen molar-refractivity contribution in [2.45, 2.75) is 31.7 Å². The lowest BCUT2D eigenvalue weighted by Gasteiger charge is -2.32. The SMILES string of the molecule is O=C(NC1CC1)c1ccccc1OCC1CCCN(C(=O)c2cccs2)C1. The van der Waals surface area contributed by atoms with Crippen molar-refractivity contribution in [3.8, 4) is 5.75 Å². The molecule has 1 aliphatic carbocycles. The number of carbonyl (C=O) groups excluding carboxylic acids is 2. The molecule has 0 bridgehead atoms. The Labute approximate surface area is 163 Å². The van der Waals surface area contributed by atoms with Crippen LogP contribution in [0, 0.1) is 5.92 Å². The van der Waals surface area contributed by atoms with Gasteiger partial charge in [0.2, 0.25) is 0 Å². The van der Waals surface area contributed by atoms with E-state index in [2.05, 4.69) is 5.32 Å². The zero-order chi connectivity index (χ0) is 18.6. The number of nitrogens with zero attached hydrogens (tertiary/aromatic N) is 1. The first-order valence-electron chi connectivity index (χ1n) is 9.56. The molecule has 0 radical (unpaired) electrons. The van der Waals surface area contributed by atoms with Gasteiger partial charge in [-0.1, -0.05) is 18.2 Å². The number of amides is 2. The van der Waals surface area contributed by atoms with Gasteiger partial charge in [0.05, 0.1) is 17.0 Å². The molecule has 1 aromatic heterocycles. The molecule has 0 spiro atoms. The van der Waals surface area contributed by atoms with Crippen molar-refractivity contribution >= 4 is 23.2 Å². The van der Waals surface area contributed by atoms with Crippen molar-refractivity contribution in [2.24, 2.45) is 5.92 Å². The van der Waals surface area contributed by atoms with E-state index >= 15 is 0 Å². The first kappa shape index (κ1) is 18.0. The van der Waals surface area contributed by atoms with Crippen LogP contribution < -0.4 is 10.1 Å². The van der Waals surface area contributed by atoms with Crippen molar-refractivity contribution in [3.05, 3.63) is 52.2 Å². The zero-order valence-electron chi connectivity index (χ0n) is 15.2. The summed E-state index contributed by atoms with van der Waals surface area (Å²) in [5, 5.41) is 4.95. The molecule has 1 aromatic carbocycles. The van der Waals surface area contributed by atoms with Crippen molar-refractivity contribution in [1.29, 1.82) is 0 Å². The Morgan fingerprint density at radius 3 is 2.78 bits per heavy atom. The number of carbonyl (C=O) groups is 2. The number of rotatable bonds is 6. The lowest BCUT2D eigenvalue weighted by Crippen LogP contribution is -2.41. The van der Waals surface area contributed by atoms with E-state index in [9.17, 15) is 9.59 Å². The fraction of sp³-hybridized carbons (Fsp3) is 0.429. The summed E-state index contributed by atoms with van der Waals surface area (Å²) in [4.78, 5) is 27.7. The minimum absolute atomic E-state index is 0.0637. The highest BCUT2D eigenvalue weighted by molar-refractivity contribution is 7.12. The highest BCUT2D eigenvalue weighted by atomic mass is 32.1. The predicted molar refractivity (Wildman–Crippen MR) is 105 cm³/mol. The van der Waals surface area contributed by atoms with Crippen LogP contribution in [-0.4, -0.2) is 42.5 Å². The molecule has 1 saturated carbocycles. The van der Waals surface area contributed by atoms with Gasteiger partial charge in [-0.15, -0.1) is 11.3 Å². The molecule has 2 aromatic rings. The van der Waals surface area contributed by atoms with Gasteiger partial charge in [-0.25, -0.2) is 0 Å². The molecule has 4 rings (SSSR count). The summed E-state index contributed by atoms with van der Waals surface area (Å²) in [6.07, 6.45) is 4.13. The standard InChI is InChI=1S/C21H24N2O3S/c24-20(22-16-9-10-16)17-6-1-2-7-18(17)26-14-15-5-3-11-23(13-15)21(25)19-8-4-12-27-19/h1-2,4,6-8,12,15-16H,3,5,9-11,13-14H2,(H,22,24). The lowest BCUT2D eigenvalue weighted by atomic mass is 9.98. The van der Waals surface area contributed by atoms with Crippen LogP contribution in [0.15, 0.2) is 41.8 Å². The van der Waals surface area contributed by atoms with Crippen LogP contribution in [0.25, 0.3) is 0 Å². The maximum atomic E-state index is 12.6. The second kappa shape index (κ2) is 8.13. The normalized spacial score (nSPS) is 19.6. The Morgan fingerprint density at radius 1 is 1.15 bits per heavy atom. The van der Waals surface area contributed by atoms with Crippen LogP contribution in [-0.2, 0) is 0 Å². The van der Waals surface area contributed by atoms with Crippen LogP contribution in [0.2, 0.25) is 0 Å². The average molecular weight is 385 g/mol. The monoisotopic (exact) mass is 384 g/mol. The fourth-order valence-corrected chi connectivity index (χ4v) is 4.11. The van der Waals surface area contributed by atoms with Gasteiger partial charge in [0.1, 0.15) is 5.75 Å². The number of piperidine rings is 1. The topological polar surface area (TPSA) is 58.6 Å². The molecule has 2 amide bonds. The average Bonchev–Trinajstić information content (AvgIpc) is 3.34. The third-order valence-corrected chi connectivity index (χ3v) is 5.91. The molecule has 27 heavy (non-hydrogen) atoms. The molecule has 1 atom stereocenters. The summed E-state index contributed by atoms with van der Waals surface area (Å²) in [6, 6.07) is 11.5. The minimum atomic E-state index is -0.0637. The van der Waals surface area contributed by atoms with Crippen molar-refractivity contribution < 1.29 is 14.3 Å². The Balaban J connectivity index is 1.36. The first-order chi connectivity index (χ1) is 13.2. The number of para-hydroxylation sites is 1. The summed E-state index contributed by atoms with van der Waals surface area (Å²) < 4.78 is 6.02. The molecular formula is C21H24N2O3S. The largest absolute Gasteiger partial charge is 0.492 e. The molecule has 2 fully saturated rings.